The van der Waals surface area contributed by atoms with E-state index in [9.17, 15) is 0 Å². The number of nitrogens with zero attached hydrogens (tertiary/aromatic N) is 1. The van der Waals surface area contributed by atoms with Crippen molar-refractivity contribution in [2.24, 2.45) is 0 Å². The van der Waals surface area contributed by atoms with Crippen molar-refractivity contribution in [3.63, 3.8) is 0 Å². The molecule has 2 heterocycles. The maximum absolute atomic E-state index is 6.80. The summed E-state index contributed by atoms with van der Waals surface area (Å²) in [6.45, 7) is 0. The molecule has 3 nitrogen and oxygen atoms in total. The number of para-hydroxylation sites is 3. The molecule has 0 N–H and O–H groups in total. The first kappa shape index (κ1) is 27.5. The van der Waals surface area contributed by atoms with Gasteiger partial charge >= 0.3 is 0 Å². The second-order valence-electron chi connectivity index (χ2n) is 12.5. The molecule has 0 fully saturated rings. The molecule has 49 heavy (non-hydrogen) atoms. The topological polar surface area (TPSA) is 29.5 Å². The molecular formula is C46H29NO2. The van der Waals surface area contributed by atoms with Crippen molar-refractivity contribution >= 4 is 71.7 Å². The Bertz CT molecular complexity index is 2830. The molecule has 0 saturated heterocycles. The summed E-state index contributed by atoms with van der Waals surface area (Å²) in [7, 11) is 0. The van der Waals surface area contributed by atoms with E-state index in [4.69, 9.17) is 8.83 Å². The molecule has 10 rings (SSSR count). The number of furan rings is 2. The maximum Gasteiger partial charge on any atom is 0.159 e. The maximum atomic E-state index is 6.80. The van der Waals surface area contributed by atoms with E-state index in [2.05, 4.69) is 163 Å². The van der Waals surface area contributed by atoms with E-state index in [0.717, 1.165) is 77.6 Å². The van der Waals surface area contributed by atoms with Crippen LogP contribution in [0.2, 0.25) is 0 Å². The zero-order valence-electron chi connectivity index (χ0n) is 26.5. The summed E-state index contributed by atoms with van der Waals surface area (Å²) in [5, 5.41) is 6.81. The molecule has 0 aliphatic rings. The molecule has 0 atom stereocenters. The van der Waals surface area contributed by atoms with E-state index in [-0.39, 0.29) is 0 Å². The van der Waals surface area contributed by atoms with Gasteiger partial charge in [0.25, 0.3) is 0 Å². The van der Waals surface area contributed by atoms with E-state index < -0.39 is 0 Å². The van der Waals surface area contributed by atoms with E-state index in [1.165, 1.54) is 16.3 Å². The second kappa shape index (κ2) is 11.0. The third-order valence-electron chi connectivity index (χ3n) is 9.66. The van der Waals surface area contributed by atoms with Gasteiger partial charge in [-0.25, -0.2) is 0 Å². The van der Waals surface area contributed by atoms with Crippen LogP contribution in [0.15, 0.2) is 185 Å². The highest BCUT2D eigenvalue weighted by Gasteiger charge is 2.23. The number of hydrogen-bond acceptors (Lipinski definition) is 3. The third kappa shape index (κ3) is 4.51. The number of rotatable bonds is 5. The van der Waals surface area contributed by atoms with Crippen LogP contribution in [0.5, 0.6) is 0 Å². The molecule has 8 aromatic carbocycles. The van der Waals surface area contributed by atoms with Gasteiger partial charge in [-0.05, 0) is 81.6 Å². The van der Waals surface area contributed by atoms with Crippen molar-refractivity contribution < 1.29 is 8.83 Å². The van der Waals surface area contributed by atoms with Crippen molar-refractivity contribution in [2.75, 3.05) is 4.90 Å². The van der Waals surface area contributed by atoms with Crippen LogP contribution in [-0.4, -0.2) is 0 Å². The molecular weight excluding hydrogens is 599 g/mol. The standard InChI is InChI=1S/C46H29NO2/c1-2-10-30(11-3-1)35-24-27-38-40-16-9-18-42(46(40)49-44(38)29-35)47(41-17-8-15-39-37-14-6-7-19-43(37)48-45(39)41)36-25-22-32(23-26-36)34-21-20-31-12-4-5-13-33(31)28-34/h1-29H. The molecule has 230 valence electrons. The normalized spacial score (nSPS) is 11.7. The lowest BCUT2D eigenvalue weighted by Crippen LogP contribution is -2.10. The predicted molar refractivity (Wildman–Crippen MR) is 204 cm³/mol. The molecule has 0 spiro atoms. The minimum absolute atomic E-state index is 0.828. The molecule has 0 aliphatic heterocycles. The lowest BCUT2D eigenvalue weighted by Gasteiger charge is -2.25. The van der Waals surface area contributed by atoms with Crippen LogP contribution in [0.25, 0.3) is 76.9 Å². The fourth-order valence-electron chi connectivity index (χ4n) is 7.26. The summed E-state index contributed by atoms with van der Waals surface area (Å²) in [6.07, 6.45) is 0. The van der Waals surface area contributed by atoms with Crippen LogP contribution in [0, 0.1) is 0 Å². The number of fused-ring (bicyclic) bond motifs is 7. The lowest BCUT2D eigenvalue weighted by molar-refractivity contribution is 0.666. The molecule has 2 aromatic heterocycles. The minimum atomic E-state index is 0.828. The first-order valence-electron chi connectivity index (χ1n) is 16.6. The first-order valence-corrected chi connectivity index (χ1v) is 16.6. The van der Waals surface area contributed by atoms with Gasteiger partial charge in [-0.15, -0.1) is 0 Å². The van der Waals surface area contributed by atoms with E-state index in [1.807, 2.05) is 18.2 Å². The highest BCUT2D eigenvalue weighted by Crippen LogP contribution is 2.46. The third-order valence-corrected chi connectivity index (χ3v) is 9.66. The van der Waals surface area contributed by atoms with Gasteiger partial charge in [0.1, 0.15) is 11.2 Å². The van der Waals surface area contributed by atoms with Crippen molar-refractivity contribution in [3.05, 3.63) is 176 Å². The summed E-state index contributed by atoms with van der Waals surface area (Å²) >= 11 is 0. The van der Waals surface area contributed by atoms with Crippen LogP contribution in [0.3, 0.4) is 0 Å². The quantitative estimate of drug-likeness (QED) is 0.190. The van der Waals surface area contributed by atoms with Gasteiger partial charge in [0, 0.05) is 27.2 Å². The Morgan fingerprint density at radius 2 is 0.878 bits per heavy atom. The Labute approximate surface area is 282 Å². The summed E-state index contributed by atoms with van der Waals surface area (Å²) in [6, 6.07) is 61.9. The highest BCUT2D eigenvalue weighted by molar-refractivity contribution is 6.14. The second-order valence-corrected chi connectivity index (χ2v) is 12.5. The first-order chi connectivity index (χ1) is 24.3. The van der Waals surface area contributed by atoms with Crippen molar-refractivity contribution in [1.29, 1.82) is 0 Å². The zero-order valence-corrected chi connectivity index (χ0v) is 26.5. The summed E-state index contributed by atoms with van der Waals surface area (Å²) in [5.41, 5.74) is 10.9. The smallest absolute Gasteiger partial charge is 0.159 e. The highest BCUT2D eigenvalue weighted by atomic mass is 16.3. The average Bonchev–Trinajstić information content (AvgIpc) is 3.74. The Kier molecular flexibility index (Phi) is 6.18. The van der Waals surface area contributed by atoms with Crippen LogP contribution >= 0.6 is 0 Å². The van der Waals surface area contributed by atoms with E-state index in [0.29, 0.717) is 0 Å². The molecule has 0 amide bonds. The fraction of sp³-hybridized carbons (Fsp3) is 0. The summed E-state index contributed by atoms with van der Waals surface area (Å²) in [5.74, 6) is 0. The van der Waals surface area contributed by atoms with Crippen molar-refractivity contribution in [3.8, 4) is 22.3 Å². The predicted octanol–water partition coefficient (Wildman–Crippen LogP) is 13.4. The number of benzene rings is 8. The van der Waals surface area contributed by atoms with Crippen LogP contribution < -0.4 is 4.90 Å². The van der Waals surface area contributed by atoms with Crippen LogP contribution in [-0.2, 0) is 0 Å². The van der Waals surface area contributed by atoms with E-state index in [1.54, 1.807) is 0 Å². The fourth-order valence-corrected chi connectivity index (χ4v) is 7.26. The van der Waals surface area contributed by atoms with Gasteiger partial charge in [-0.3, -0.25) is 0 Å². The number of hydrogen-bond donors (Lipinski definition) is 0. The zero-order chi connectivity index (χ0) is 32.3. The van der Waals surface area contributed by atoms with Gasteiger partial charge in [0.05, 0.1) is 11.4 Å². The lowest BCUT2D eigenvalue weighted by atomic mass is 10.0. The van der Waals surface area contributed by atoms with Gasteiger partial charge < -0.3 is 13.7 Å². The summed E-state index contributed by atoms with van der Waals surface area (Å²) in [4.78, 5) is 2.28. The minimum Gasteiger partial charge on any atom is -0.454 e. The van der Waals surface area contributed by atoms with Crippen molar-refractivity contribution in [1.82, 2.24) is 0 Å². The number of anilines is 3. The van der Waals surface area contributed by atoms with E-state index >= 15 is 0 Å². The molecule has 0 aliphatic carbocycles. The molecule has 0 unspecified atom stereocenters. The van der Waals surface area contributed by atoms with Gasteiger partial charge in [-0.2, -0.15) is 0 Å². The Hall–Kier alpha value is -6.58. The molecule has 0 saturated carbocycles. The molecule has 0 bridgehead atoms. The Morgan fingerprint density at radius 1 is 0.327 bits per heavy atom. The van der Waals surface area contributed by atoms with Gasteiger partial charge in [0.15, 0.2) is 11.2 Å². The van der Waals surface area contributed by atoms with Crippen LogP contribution in [0.1, 0.15) is 0 Å². The molecule has 0 radical (unpaired) electrons. The SMILES string of the molecule is c1ccc(-c2ccc3c(c2)oc2c(N(c4ccc(-c5ccc6ccccc6c5)cc4)c4cccc5c4oc4ccccc45)cccc23)cc1. The monoisotopic (exact) mass is 627 g/mol. The molecule has 3 heteroatoms. The van der Waals surface area contributed by atoms with Crippen molar-refractivity contribution in [2.45, 2.75) is 0 Å². The van der Waals surface area contributed by atoms with Crippen LogP contribution in [0.4, 0.5) is 17.1 Å². The largest absolute Gasteiger partial charge is 0.454 e. The van der Waals surface area contributed by atoms with Gasteiger partial charge in [-0.1, -0.05) is 127 Å². The molecule has 10 aromatic rings. The van der Waals surface area contributed by atoms with Gasteiger partial charge in [0.2, 0.25) is 0 Å². The average molecular weight is 628 g/mol. The Morgan fingerprint density at radius 3 is 1.65 bits per heavy atom. The summed E-state index contributed by atoms with van der Waals surface area (Å²) < 4.78 is 13.4. The Balaban J connectivity index is 1.18.